The Morgan fingerprint density at radius 2 is 1.81 bits per heavy atom. The number of rotatable bonds is 4. The van der Waals surface area contributed by atoms with Crippen molar-refractivity contribution in [2.45, 2.75) is 32.2 Å². The van der Waals surface area contributed by atoms with E-state index in [4.69, 9.17) is 0 Å². The minimum atomic E-state index is -0.523. The molecule has 0 spiro atoms. The highest BCUT2D eigenvalue weighted by Crippen LogP contribution is 2.25. The summed E-state index contributed by atoms with van der Waals surface area (Å²) in [5.41, 5.74) is 0.874. The molecular weight excluding hydrogens is 264 g/mol. The number of para-hydroxylation sites is 1. The summed E-state index contributed by atoms with van der Waals surface area (Å²) in [6.07, 6.45) is 3.88. The molecule has 110 valence electrons. The number of hydrogen-bond donors (Lipinski definition) is 0. The lowest BCUT2D eigenvalue weighted by molar-refractivity contribution is 0.0694. The largest absolute Gasteiger partial charge is 0.291 e. The highest BCUT2D eigenvalue weighted by Gasteiger charge is 2.38. The van der Waals surface area contributed by atoms with E-state index in [9.17, 15) is 4.79 Å². The summed E-state index contributed by atoms with van der Waals surface area (Å²) in [5.74, 6) is 0.0678. The number of likely N-dealkylation sites (tertiary alicyclic amines) is 1. The van der Waals surface area contributed by atoms with Gasteiger partial charge in [-0.15, -0.1) is 5.10 Å². The molecular formula is C16H20N4O. The van der Waals surface area contributed by atoms with Crippen LogP contribution in [0.4, 0.5) is 0 Å². The summed E-state index contributed by atoms with van der Waals surface area (Å²) in [7, 11) is 0. The first-order valence-electron chi connectivity index (χ1n) is 7.36. The van der Waals surface area contributed by atoms with E-state index < -0.39 is 5.54 Å². The van der Waals surface area contributed by atoms with Crippen LogP contribution in [0.25, 0.3) is 5.69 Å². The Balaban J connectivity index is 1.94. The fourth-order valence-electron chi connectivity index (χ4n) is 2.88. The maximum Gasteiger partial charge on any atom is 0.202 e. The number of benzene rings is 1. The predicted octanol–water partition coefficient (Wildman–Crippen LogP) is 2.32. The van der Waals surface area contributed by atoms with Crippen LogP contribution in [0, 0.1) is 0 Å². The fraction of sp³-hybridized carbons (Fsp3) is 0.438. The molecule has 0 N–H and O–H groups in total. The Bertz CT molecular complexity index is 627. The van der Waals surface area contributed by atoms with Gasteiger partial charge in [0.1, 0.15) is 5.69 Å². The highest BCUT2D eigenvalue weighted by molar-refractivity contribution is 6.01. The summed E-state index contributed by atoms with van der Waals surface area (Å²) in [6, 6.07) is 9.65. The molecule has 1 aromatic heterocycles. The van der Waals surface area contributed by atoms with E-state index in [0.717, 1.165) is 31.6 Å². The van der Waals surface area contributed by atoms with Crippen LogP contribution in [0.2, 0.25) is 0 Å². The van der Waals surface area contributed by atoms with Crippen LogP contribution in [-0.2, 0) is 0 Å². The van der Waals surface area contributed by atoms with Gasteiger partial charge in [0, 0.05) is 0 Å². The summed E-state index contributed by atoms with van der Waals surface area (Å²) < 4.78 is 1.63. The van der Waals surface area contributed by atoms with E-state index >= 15 is 0 Å². The predicted molar refractivity (Wildman–Crippen MR) is 80.6 cm³/mol. The van der Waals surface area contributed by atoms with Gasteiger partial charge >= 0.3 is 0 Å². The molecule has 1 aliphatic rings. The average molecular weight is 284 g/mol. The summed E-state index contributed by atoms with van der Waals surface area (Å²) in [4.78, 5) is 15.2. The molecule has 3 rings (SSSR count). The first kappa shape index (κ1) is 13.9. The molecule has 0 atom stereocenters. The van der Waals surface area contributed by atoms with Gasteiger partial charge in [-0.3, -0.25) is 9.69 Å². The lowest BCUT2D eigenvalue weighted by Gasteiger charge is -2.33. The van der Waals surface area contributed by atoms with Crippen molar-refractivity contribution in [2.24, 2.45) is 0 Å². The van der Waals surface area contributed by atoms with E-state index in [-0.39, 0.29) is 5.78 Å². The number of carbonyl (C=O) groups is 1. The van der Waals surface area contributed by atoms with Gasteiger partial charge in [0.25, 0.3) is 0 Å². The van der Waals surface area contributed by atoms with Gasteiger partial charge in [-0.05, 0) is 51.9 Å². The van der Waals surface area contributed by atoms with Gasteiger partial charge in [-0.1, -0.05) is 23.4 Å². The molecule has 5 nitrogen and oxygen atoms in total. The third-order valence-electron chi connectivity index (χ3n) is 4.23. The molecule has 0 saturated carbocycles. The Kier molecular flexibility index (Phi) is 3.59. The van der Waals surface area contributed by atoms with Crippen molar-refractivity contribution >= 4 is 5.78 Å². The Morgan fingerprint density at radius 1 is 1.14 bits per heavy atom. The lowest BCUT2D eigenvalue weighted by Crippen LogP contribution is -2.49. The van der Waals surface area contributed by atoms with Crippen LogP contribution < -0.4 is 0 Å². The summed E-state index contributed by atoms with van der Waals surface area (Å²) >= 11 is 0. The molecule has 0 radical (unpaired) electrons. The third-order valence-corrected chi connectivity index (χ3v) is 4.23. The molecule has 0 aliphatic carbocycles. The minimum absolute atomic E-state index is 0.0678. The van der Waals surface area contributed by atoms with Crippen LogP contribution in [0.3, 0.4) is 0 Å². The van der Waals surface area contributed by atoms with Crippen LogP contribution >= 0.6 is 0 Å². The zero-order chi connectivity index (χ0) is 14.9. The first-order valence-corrected chi connectivity index (χ1v) is 7.36. The maximum atomic E-state index is 13.0. The number of ketones is 1. The standard InChI is InChI=1S/C16H20N4O/c1-16(2,19-10-6-7-11-19)15(21)14-12-17-18-20(14)13-8-4-3-5-9-13/h3-5,8-9,12H,6-7,10-11H2,1-2H3. The van der Waals surface area contributed by atoms with Crippen molar-refractivity contribution in [1.82, 2.24) is 19.9 Å². The molecule has 2 heterocycles. The van der Waals surface area contributed by atoms with Crippen LogP contribution in [0.5, 0.6) is 0 Å². The topological polar surface area (TPSA) is 51.0 Å². The van der Waals surface area contributed by atoms with Gasteiger partial charge < -0.3 is 0 Å². The van der Waals surface area contributed by atoms with Gasteiger partial charge in [0.05, 0.1) is 17.4 Å². The first-order chi connectivity index (χ1) is 10.1. The van der Waals surface area contributed by atoms with E-state index in [1.165, 1.54) is 0 Å². The van der Waals surface area contributed by atoms with Crippen LogP contribution in [-0.4, -0.2) is 44.3 Å². The SMILES string of the molecule is CC(C)(C(=O)c1cnnn1-c1ccccc1)N1CCCC1. The third kappa shape index (κ3) is 2.49. The number of hydrogen-bond acceptors (Lipinski definition) is 4. The number of nitrogens with zero attached hydrogens (tertiary/aromatic N) is 4. The summed E-state index contributed by atoms with van der Waals surface area (Å²) in [6.45, 7) is 5.93. The molecule has 0 amide bonds. The summed E-state index contributed by atoms with van der Waals surface area (Å²) in [5, 5.41) is 8.01. The lowest BCUT2D eigenvalue weighted by atomic mass is 9.94. The van der Waals surface area contributed by atoms with Gasteiger partial charge in [-0.2, -0.15) is 0 Å². The highest BCUT2D eigenvalue weighted by atomic mass is 16.1. The van der Waals surface area contributed by atoms with Crippen molar-refractivity contribution < 1.29 is 4.79 Å². The number of Topliss-reactive ketones (excluding diaryl/α,β-unsaturated/α-hetero) is 1. The Hall–Kier alpha value is -2.01. The smallest absolute Gasteiger partial charge is 0.202 e. The van der Waals surface area contributed by atoms with E-state index in [1.807, 2.05) is 44.2 Å². The monoisotopic (exact) mass is 284 g/mol. The van der Waals surface area contributed by atoms with Crippen molar-refractivity contribution in [3.05, 3.63) is 42.2 Å². The molecule has 0 bridgehead atoms. The average Bonchev–Trinajstić information content (AvgIpc) is 3.18. The molecule has 2 aromatic rings. The zero-order valence-electron chi connectivity index (χ0n) is 12.5. The van der Waals surface area contributed by atoms with E-state index in [2.05, 4.69) is 15.2 Å². The quantitative estimate of drug-likeness (QED) is 0.809. The van der Waals surface area contributed by atoms with Crippen LogP contribution in [0.1, 0.15) is 37.2 Å². The minimum Gasteiger partial charge on any atom is -0.291 e. The molecule has 5 heteroatoms. The van der Waals surface area contributed by atoms with Gasteiger partial charge in [0.15, 0.2) is 0 Å². The fourth-order valence-corrected chi connectivity index (χ4v) is 2.88. The van der Waals surface area contributed by atoms with E-state index in [1.54, 1.807) is 10.9 Å². The van der Waals surface area contributed by atoms with Crippen LogP contribution in [0.15, 0.2) is 36.5 Å². The van der Waals surface area contributed by atoms with Crippen molar-refractivity contribution in [3.8, 4) is 5.69 Å². The Morgan fingerprint density at radius 3 is 2.48 bits per heavy atom. The van der Waals surface area contributed by atoms with E-state index in [0.29, 0.717) is 5.69 Å². The second kappa shape index (κ2) is 5.41. The molecule has 21 heavy (non-hydrogen) atoms. The normalized spacial score (nSPS) is 16.3. The molecule has 1 fully saturated rings. The van der Waals surface area contributed by atoms with Crippen molar-refractivity contribution in [3.63, 3.8) is 0 Å². The number of carbonyl (C=O) groups excluding carboxylic acids is 1. The van der Waals surface area contributed by atoms with Crippen molar-refractivity contribution in [2.75, 3.05) is 13.1 Å². The Labute approximate surface area is 124 Å². The molecule has 1 saturated heterocycles. The molecule has 1 aliphatic heterocycles. The second-order valence-corrected chi connectivity index (χ2v) is 5.95. The van der Waals surface area contributed by atoms with Gasteiger partial charge in [0.2, 0.25) is 5.78 Å². The zero-order valence-corrected chi connectivity index (χ0v) is 12.5. The van der Waals surface area contributed by atoms with Gasteiger partial charge in [-0.25, -0.2) is 4.68 Å². The number of aromatic nitrogens is 3. The molecule has 0 unspecified atom stereocenters. The van der Waals surface area contributed by atoms with Crippen molar-refractivity contribution in [1.29, 1.82) is 0 Å². The maximum absolute atomic E-state index is 13.0. The second-order valence-electron chi connectivity index (χ2n) is 5.95. The molecule has 1 aromatic carbocycles.